The van der Waals surface area contributed by atoms with E-state index in [1.807, 2.05) is 49.4 Å². The van der Waals surface area contributed by atoms with Gasteiger partial charge in [0.1, 0.15) is 11.1 Å². The van der Waals surface area contributed by atoms with Gasteiger partial charge >= 0.3 is 5.97 Å². The van der Waals surface area contributed by atoms with E-state index in [1.165, 1.54) is 16.7 Å². The van der Waals surface area contributed by atoms with E-state index < -0.39 is 11.2 Å². The Kier molecular flexibility index (Phi) is 6.78. The van der Waals surface area contributed by atoms with E-state index in [2.05, 4.69) is 15.9 Å². The number of nitriles is 1. The Bertz CT molecular complexity index is 994. The molecule has 7 heteroatoms. The molecule has 0 saturated carbocycles. The molecule has 1 aliphatic rings. The van der Waals surface area contributed by atoms with Gasteiger partial charge in [0.05, 0.1) is 11.9 Å². The van der Waals surface area contributed by atoms with Crippen molar-refractivity contribution in [1.82, 2.24) is 0 Å². The van der Waals surface area contributed by atoms with Gasteiger partial charge in [0.15, 0.2) is 5.57 Å². The van der Waals surface area contributed by atoms with Crippen molar-refractivity contribution in [1.29, 1.82) is 5.26 Å². The zero-order valence-corrected chi connectivity index (χ0v) is 18.4. The summed E-state index contributed by atoms with van der Waals surface area (Å²) >= 11 is 4.62. The maximum atomic E-state index is 13.3. The molecule has 1 amide bonds. The Morgan fingerprint density at radius 2 is 1.86 bits per heavy atom. The summed E-state index contributed by atoms with van der Waals surface area (Å²) in [5.74, 6) is -0.881. The Morgan fingerprint density at radius 3 is 2.45 bits per heavy atom. The third kappa shape index (κ3) is 4.72. The first-order valence-electron chi connectivity index (χ1n) is 9.07. The summed E-state index contributed by atoms with van der Waals surface area (Å²) in [6.45, 7) is 3.84. The molecule has 1 aliphatic heterocycles. The molecule has 1 atom stereocenters. The second-order valence-electron chi connectivity index (χ2n) is 6.46. The van der Waals surface area contributed by atoms with Gasteiger partial charge in [0.2, 0.25) is 5.91 Å². The second kappa shape index (κ2) is 9.29. The van der Waals surface area contributed by atoms with Gasteiger partial charge in [-0.2, -0.15) is 5.26 Å². The average Bonchev–Trinajstić information content (AvgIpc) is 3.01. The monoisotopic (exact) mass is 470 g/mol. The van der Waals surface area contributed by atoms with Crippen molar-refractivity contribution < 1.29 is 14.3 Å². The van der Waals surface area contributed by atoms with Crippen LogP contribution in [0.5, 0.6) is 0 Å². The molecule has 1 saturated heterocycles. The summed E-state index contributed by atoms with van der Waals surface area (Å²) in [5, 5.41) is 9.50. The van der Waals surface area contributed by atoms with Crippen LogP contribution in [0.4, 0.5) is 5.69 Å². The lowest BCUT2D eigenvalue weighted by atomic mass is 10.1. The summed E-state index contributed by atoms with van der Waals surface area (Å²) in [5.41, 5.74) is 2.61. The first-order valence-corrected chi connectivity index (χ1v) is 10.7. The van der Waals surface area contributed by atoms with E-state index in [1.54, 1.807) is 19.1 Å². The number of thioether (sulfide) groups is 1. The van der Waals surface area contributed by atoms with Crippen molar-refractivity contribution in [2.45, 2.75) is 25.5 Å². The minimum absolute atomic E-state index is 0.153. The summed E-state index contributed by atoms with van der Waals surface area (Å²) in [6.07, 6.45) is 0.502. The molecule has 0 radical (unpaired) electrons. The first-order chi connectivity index (χ1) is 13.9. The number of hydrogen-bond donors (Lipinski definition) is 0. The van der Waals surface area contributed by atoms with Crippen LogP contribution in [0.2, 0.25) is 0 Å². The molecule has 1 fully saturated rings. The molecule has 148 valence electrons. The fourth-order valence-corrected chi connectivity index (χ4v) is 4.50. The van der Waals surface area contributed by atoms with Crippen molar-refractivity contribution in [3.63, 3.8) is 0 Å². The smallest absolute Gasteiger partial charge is 0.351 e. The molecule has 2 aromatic carbocycles. The number of carbonyl (C=O) groups excluding carboxylic acids is 2. The van der Waals surface area contributed by atoms with Crippen LogP contribution < -0.4 is 4.90 Å². The quantitative estimate of drug-likeness (QED) is 0.358. The Hall–Kier alpha value is -2.56. The van der Waals surface area contributed by atoms with Gasteiger partial charge in [-0.3, -0.25) is 9.69 Å². The lowest BCUT2D eigenvalue weighted by molar-refractivity contribution is -0.138. The molecule has 2 aromatic rings. The lowest BCUT2D eigenvalue weighted by Gasteiger charge is -2.18. The van der Waals surface area contributed by atoms with Gasteiger partial charge in [-0.1, -0.05) is 57.5 Å². The van der Waals surface area contributed by atoms with Crippen LogP contribution in [0.25, 0.3) is 0 Å². The Labute approximate surface area is 182 Å². The van der Waals surface area contributed by atoms with Crippen LogP contribution in [0, 0.1) is 18.3 Å². The molecular weight excluding hydrogens is 452 g/mol. The predicted octanol–water partition coefficient (Wildman–Crippen LogP) is 4.75. The summed E-state index contributed by atoms with van der Waals surface area (Å²) in [6, 6.07) is 17.1. The first kappa shape index (κ1) is 21.2. The van der Waals surface area contributed by atoms with Crippen LogP contribution in [0.3, 0.4) is 0 Å². The highest BCUT2D eigenvalue weighted by molar-refractivity contribution is 9.10. The highest BCUT2D eigenvalue weighted by Crippen LogP contribution is 2.42. The molecule has 0 bridgehead atoms. The molecule has 0 N–H and O–H groups in total. The number of hydrogen-bond acceptors (Lipinski definition) is 5. The van der Waals surface area contributed by atoms with Crippen molar-refractivity contribution in [2.75, 3.05) is 11.5 Å². The molecule has 1 heterocycles. The van der Waals surface area contributed by atoms with Crippen LogP contribution in [0.15, 0.2) is 63.6 Å². The number of nitrogens with zero attached hydrogens (tertiary/aromatic N) is 2. The fraction of sp³-hybridized carbons (Fsp3) is 0.227. The van der Waals surface area contributed by atoms with Crippen molar-refractivity contribution in [2.24, 2.45) is 0 Å². The summed E-state index contributed by atoms with van der Waals surface area (Å²) in [7, 11) is 0. The van der Waals surface area contributed by atoms with Crippen LogP contribution in [-0.2, 0) is 20.7 Å². The number of amides is 1. The van der Waals surface area contributed by atoms with Crippen LogP contribution >= 0.6 is 27.7 Å². The highest BCUT2D eigenvalue weighted by Gasteiger charge is 2.41. The number of esters is 1. The topological polar surface area (TPSA) is 70.4 Å². The molecule has 0 unspecified atom stereocenters. The van der Waals surface area contributed by atoms with Crippen molar-refractivity contribution in [3.05, 3.63) is 74.7 Å². The van der Waals surface area contributed by atoms with E-state index in [0.29, 0.717) is 17.1 Å². The predicted molar refractivity (Wildman–Crippen MR) is 117 cm³/mol. The lowest BCUT2D eigenvalue weighted by Crippen LogP contribution is -2.30. The van der Waals surface area contributed by atoms with E-state index in [4.69, 9.17) is 4.74 Å². The molecule has 0 aliphatic carbocycles. The normalized spacial score (nSPS) is 17.8. The zero-order chi connectivity index (χ0) is 21.0. The molecule has 29 heavy (non-hydrogen) atoms. The highest BCUT2D eigenvalue weighted by atomic mass is 79.9. The van der Waals surface area contributed by atoms with Gasteiger partial charge in [-0.25, -0.2) is 4.79 Å². The summed E-state index contributed by atoms with van der Waals surface area (Å²) < 4.78 is 5.90. The average molecular weight is 471 g/mol. The van der Waals surface area contributed by atoms with E-state index in [0.717, 1.165) is 15.6 Å². The van der Waals surface area contributed by atoms with Crippen molar-refractivity contribution in [3.8, 4) is 6.07 Å². The van der Waals surface area contributed by atoms with E-state index >= 15 is 0 Å². The Balaban J connectivity index is 2.02. The number of benzene rings is 2. The minimum Gasteiger partial charge on any atom is -0.462 e. The largest absolute Gasteiger partial charge is 0.462 e. The van der Waals surface area contributed by atoms with Gasteiger partial charge in [0, 0.05) is 10.2 Å². The number of aryl methyl sites for hydroxylation is 1. The van der Waals surface area contributed by atoms with E-state index in [9.17, 15) is 14.9 Å². The third-order valence-electron chi connectivity index (χ3n) is 4.38. The standard InChI is InChI=1S/C22H19BrN2O3S/c1-3-28-22(27)18(13-24)21-25(17-10-8-16(23)9-11-17)20(26)19(29-21)12-15-6-4-14(2)5-7-15/h4-11,19H,3,12H2,1-2H3/b21-18-/t19-/m1/s1. The molecule has 3 rings (SSSR count). The van der Waals surface area contributed by atoms with Crippen molar-refractivity contribution >= 4 is 45.3 Å². The van der Waals surface area contributed by atoms with E-state index in [-0.39, 0.29) is 18.1 Å². The fourth-order valence-electron chi connectivity index (χ4n) is 2.94. The molecule has 5 nitrogen and oxygen atoms in total. The SMILES string of the molecule is CCOC(=O)/C(C#N)=C1\S[C@H](Cc2ccc(C)cc2)C(=O)N1c1ccc(Br)cc1. The maximum Gasteiger partial charge on any atom is 0.351 e. The number of carbonyl (C=O) groups is 2. The van der Waals surface area contributed by atoms with Gasteiger partial charge in [-0.15, -0.1) is 0 Å². The van der Waals surface area contributed by atoms with Gasteiger partial charge in [0.25, 0.3) is 0 Å². The molecular formula is C22H19BrN2O3S. The number of rotatable bonds is 5. The second-order valence-corrected chi connectivity index (χ2v) is 8.57. The van der Waals surface area contributed by atoms with Gasteiger partial charge < -0.3 is 4.74 Å². The van der Waals surface area contributed by atoms with Gasteiger partial charge in [-0.05, 0) is 50.1 Å². The zero-order valence-electron chi connectivity index (χ0n) is 16.0. The minimum atomic E-state index is -0.719. The maximum absolute atomic E-state index is 13.3. The summed E-state index contributed by atoms with van der Waals surface area (Å²) in [4.78, 5) is 27.1. The van der Waals surface area contributed by atoms with Crippen LogP contribution in [-0.4, -0.2) is 23.7 Å². The third-order valence-corrected chi connectivity index (χ3v) is 6.18. The molecule has 0 spiro atoms. The van der Waals surface area contributed by atoms with Crippen LogP contribution in [0.1, 0.15) is 18.1 Å². The number of ether oxygens (including phenoxy) is 1. The molecule has 0 aromatic heterocycles. The number of halogens is 1. The Morgan fingerprint density at radius 1 is 1.21 bits per heavy atom. The number of anilines is 1.